The highest BCUT2D eigenvalue weighted by atomic mass is 35.5. The average molecular weight is 444 g/mol. The molecule has 4 rings (SSSR count). The van der Waals surface area contributed by atoms with E-state index >= 15 is 0 Å². The number of likely N-dealkylation sites (N-methyl/N-ethyl adjacent to an activating group) is 1. The van der Waals surface area contributed by atoms with E-state index in [1.165, 1.54) is 0 Å². The van der Waals surface area contributed by atoms with Gasteiger partial charge in [-0.3, -0.25) is 9.59 Å². The number of piperidine rings is 1. The van der Waals surface area contributed by atoms with Crippen molar-refractivity contribution in [2.45, 2.75) is 26.2 Å². The molecule has 3 heterocycles. The lowest BCUT2D eigenvalue weighted by Crippen LogP contribution is -2.51. The van der Waals surface area contributed by atoms with Crippen molar-refractivity contribution in [3.05, 3.63) is 46.7 Å². The molecule has 2 fully saturated rings. The maximum absolute atomic E-state index is 13.3. The van der Waals surface area contributed by atoms with E-state index in [9.17, 15) is 9.59 Å². The zero-order chi connectivity index (χ0) is 22.0. The molecule has 166 valence electrons. The summed E-state index contributed by atoms with van der Waals surface area (Å²) in [6.45, 7) is 6.70. The van der Waals surface area contributed by atoms with Crippen LogP contribution in [-0.2, 0) is 11.2 Å². The fraction of sp³-hybridized carbons (Fsp3) is 0.522. The molecular weight excluding hydrogens is 414 g/mol. The molecule has 2 aliphatic rings. The van der Waals surface area contributed by atoms with Gasteiger partial charge in [0.15, 0.2) is 0 Å². The van der Waals surface area contributed by atoms with Crippen LogP contribution in [0.3, 0.4) is 0 Å². The van der Waals surface area contributed by atoms with Crippen molar-refractivity contribution >= 4 is 23.4 Å². The molecular formula is C23H30ClN5O2. The Hall–Kier alpha value is -2.38. The first-order valence-electron chi connectivity index (χ1n) is 11.1. The van der Waals surface area contributed by atoms with Gasteiger partial charge in [-0.2, -0.15) is 5.10 Å². The third kappa shape index (κ3) is 4.62. The number of halogens is 1. The summed E-state index contributed by atoms with van der Waals surface area (Å²) in [5.41, 5.74) is 2.36. The molecule has 1 aromatic heterocycles. The second kappa shape index (κ2) is 9.40. The lowest BCUT2D eigenvalue weighted by atomic mass is 9.94. The van der Waals surface area contributed by atoms with Crippen molar-refractivity contribution in [2.75, 3.05) is 46.3 Å². The normalized spacial score (nSPS) is 18.4. The van der Waals surface area contributed by atoms with E-state index in [1.807, 2.05) is 41.0 Å². The zero-order valence-electron chi connectivity index (χ0n) is 18.3. The van der Waals surface area contributed by atoms with E-state index in [0.717, 1.165) is 50.4 Å². The van der Waals surface area contributed by atoms with Crippen LogP contribution >= 0.6 is 11.6 Å². The van der Waals surface area contributed by atoms with E-state index in [4.69, 9.17) is 11.6 Å². The molecule has 0 bridgehead atoms. The molecule has 2 saturated heterocycles. The van der Waals surface area contributed by atoms with Crippen LogP contribution in [0.1, 0.15) is 35.8 Å². The van der Waals surface area contributed by atoms with Crippen molar-refractivity contribution in [1.82, 2.24) is 24.5 Å². The topological polar surface area (TPSA) is 61.7 Å². The fourth-order valence-electron chi connectivity index (χ4n) is 4.51. The molecule has 0 N–H and O–H groups in total. The molecule has 2 aliphatic heterocycles. The number of nitrogens with zero attached hydrogens (tertiary/aromatic N) is 5. The van der Waals surface area contributed by atoms with Crippen molar-refractivity contribution < 1.29 is 9.59 Å². The predicted molar refractivity (Wildman–Crippen MR) is 121 cm³/mol. The number of amides is 2. The number of hydrogen-bond acceptors (Lipinski definition) is 4. The van der Waals surface area contributed by atoms with E-state index in [-0.39, 0.29) is 17.7 Å². The van der Waals surface area contributed by atoms with Gasteiger partial charge in [0.1, 0.15) is 0 Å². The van der Waals surface area contributed by atoms with Crippen LogP contribution in [0.5, 0.6) is 0 Å². The first-order chi connectivity index (χ1) is 15.0. The summed E-state index contributed by atoms with van der Waals surface area (Å²) in [5, 5.41) is 5.10. The summed E-state index contributed by atoms with van der Waals surface area (Å²) in [6, 6.07) is 7.47. The minimum absolute atomic E-state index is 0.00405. The quantitative estimate of drug-likeness (QED) is 0.729. The van der Waals surface area contributed by atoms with Crippen LogP contribution in [0.15, 0.2) is 30.5 Å². The molecule has 0 saturated carbocycles. The van der Waals surface area contributed by atoms with Crippen LogP contribution in [0.2, 0.25) is 5.02 Å². The molecule has 0 aliphatic carbocycles. The Kier molecular flexibility index (Phi) is 6.62. The van der Waals surface area contributed by atoms with Crippen LogP contribution in [-0.4, -0.2) is 82.6 Å². The number of likely N-dealkylation sites (tertiary alicyclic amines) is 1. The molecule has 0 radical (unpaired) electrons. The Labute approximate surface area is 188 Å². The molecule has 1 aromatic carbocycles. The average Bonchev–Trinajstić information content (AvgIpc) is 3.23. The largest absolute Gasteiger partial charge is 0.340 e. The maximum atomic E-state index is 13.3. The monoisotopic (exact) mass is 443 g/mol. The smallest absolute Gasteiger partial charge is 0.257 e. The summed E-state index contributed by atoms with van der Waals surface area (Å²) >= 11 is 6.13. The van der Waals surface area contributed by atoms with Gasteiger partial charge < -0.3 is 14.7 Å². The van der Waals surface area contributed by atoms with Gasteiger partial charge in [-0.1, -0.05) is 24.6 Å². The Morgan fingerprint density at radius 3 is 2.42 bits per heavy atom. The lowest BCUT2D eigenvalue weighted by molar-refractivity contribution is -0.138. The number of benzene rings is 1. The third-order valence-electron chi connectivity index (χ3n) is 6.43. The standard InChI is InChI=1S/C23H30ClN5O2/c1-3-21-20(16-25-29(21)19-6-4-5-18(24)15-19)23(31)27-9-7-17(8-10-27)22(30)28-13-11-26(2)12-14-28/h4-6,15-17H,3,7-14H2,1-2H3. The Morgan fingerprint density at radius 1 is 1.06 bits per heavy atom. The molecule has 0 unspecified atom stereocenters. The van der Waals surface area contributed by atoms with Gasteiger partial charge in [-0.15, -0.1) is 0 Å². The molecule has 0 atom stereocenters. The van der Waals surface area contributed by atoms with Gasteiger partial charge >= 0.3 is 0 Å². The van der Waals surface area contributed by atoms with E-state index in [2.05, 4.69) is 17.0 Å². The SMILES string of the molecule is CCc1c(C(=O)N2CCC(C(=O)N3CCN(C)CC3)CC2)cnn1-c1cccc(Cl)c1. The molecule has 0 spiro atoms. The van der Waals surface area contributed by atoms with Crippen molar-refractivity contribution in [1.29, 1.82) is 0 Å². The number of carbonyl (C=O) groups excluding carboxylic acids is 2. The van der Waals surface area contributed by atoms with Gasteiger partial charge in [0, 0.05) is 50.2 Å². The highest BCUT2D eigenvalue weighted by Gasteiger charge is 2.32. The van der Waals surface area contributed by atoms with Crippen molar-refractivity contribution in [2.24, 2.45) is 5.92 Å². The Morgan fingerprint density at radius 2 is 1.77 bits per heavy atom. The van der Waals surface area contributed by atoms with Crippen LogP contribution in [0.25, 0.3) is 5.69 Å². The van der Waals surface area contributed by atoms with Crippen LogP contribution < -0.4 is 0 Å². The van der Waals surface area contributed by atoms with Gasteiger partial charge in [0.2, 0.25) is 5.91 Å². The first kappa shape index (κ1) is 21.8. The molecule has 2 amide bonds. The summed E-state index contributed by atoms with van der Waals surface area (Å²) in [6.07, 6.45) is 3.79. The van der Waals surface area contributed by atoms with Crippen LogP contribution in [0.4, 0.5) is 0 Å². The highest BCUT2D eigenvalue weighted by molar-refractivity contribution is 6.30. The zero-order valence-corrected chi connectivity index (χ0v) is 19.0. The van der Waals surface area contributed by atoms with E-state index in [0.29, 0.717) is 30.1 Å². The Balaban J connectivity index is 1.41. The number of carbonyl (C=O) groups is 2. The Bertz CT molecular complexity index is 943. The number of hydrogen-bond donors (Lipinski definition) is 0. The predicted octanol–water partition coefficient (Wildman–Crippen LogP) is 2.71. The second-order valence-corrected chi connectivity index (χ2v) is 8.88. The molecule has 2 aromatic rings. The number of piperazine rings is 1. The van der Waals surface area contributed by atoms with Crippen LogP contribution in [0, 0.1) is 5.92 Å². The van der Waals surface area contributed by atoms with E-state index < -0.39 is 0 Å². The summed E-state index contributed by atoms with van der Waals surface area (Å²) in [5.74, 6) is 0.270. The minimum Gasteiger partial charge on any atom is -0.340 e. The molecule has 7 nitrogen and oxygen atoms in total. The number of rotatable bonds is 4. The van der Waals surface area contributed by atoms with Gasteiger partial charge in [0.05, 0.1) is 23.1 Å². The molecule has 31 heavy (non-hydrogen) atoms. The fourth-order valence-corrected chi connectivity index (χ4v) is 4.69. The van der Waals surface area contributed by atoms with Gasteiger partial charge in [-0.25, -0.2) is 4.68 Å². The lowest BCUT2D eigenvalue weighted by Gasteiger charge is -2.37. The number of aromatic nitrogens is 2. The van der Waals surface area contributed by atoms with Crippen molar-refractivity contribution in [3.8, 4) is 5.69 Å². The summed E-state index contributed by atoms with van der Waals surface area (Å²) < 4.78 is 1.79. The van der Waals surface area contributed by atoms with Gasteiger partial charge in [-0.05, 0) is 44.5 Å². The third-order valence-corrected chi connectivity index (χ3v) is 6.67. The van der Waals surface area contributed by atoms with Gasteiger partial charge in [0.25, 0.3) is 5.91 Å². The highest BCUT2D eigenvalue weighted by Crippen LogP contribution is 2.24. The molecule has 8 heteroatoms. The summed E-state index contributed by atoms with van der Waals surface area (Å²) in [7, 11) is 2.09. The summed E-state index contributed by atoms with van der Waals surface area (Å²) in [4.78, 5) is 32.2. The van der Waals surface area contributed by atoms with Crippen molar-refractivity contribution in [3.63, 3.8) is 0 Å². The minimum atomic E-state index is -0.00405. The second-order valence-electron chi connectivity index (χ2n) is 8.45. The first-order valence-corrected chi connectivity index (χ1v) is 11.4. The maximum Gasteiger partial charge on any atom is 0.257 e. The van der Waals surface area contributed by atoms with E-state index in [1.54, 1.807) is 10.9 Å².